The van der Waals surface area contributed by atoms with E-state index in [0.717, 1.165) is 26.4 Å². The van der Waals surface area contributed by atoms with Gasteiger partial charge in [0.25, 0.3) is 0 Å². The number of rotatable bonds is 5. The van der Waals surface area contributed by atoms with E-state index in [1.54, 1.807) is 11.3 Å². The summed E-state index contributed by atoms with van der Waals surface area (Å²) in [4.78, 5) is 36.5. The Bertz CT molecular complexity index is 1240. The number of benzene rings is 2. The van der Waals surface area contributed by atoms with E-state index in [1.807, 2.05) is 78.5 Å². The number of fused-ring (bicyclic) bond motifs is 1. The van der Waals surface area contributed by atoms with Crippen LogP contribution in [0, 0.1) is 0 Å². The van der Waals surface area contributed by atoms with E-state index in [9.17, 15) is 9.59 Å². The number of hydrogen-bond donors (Lipinski definition) is 1. The maximum Gasteiger partial charge on any atom is 0.247 e. The number of hydrogen-bond acceptors (Lipinski definition) is 5. The van der Waals surface area contributed by atoms with Crippen molar-refractivity contribution in [3.05, 3.63) is 77.1 Å². The van der Waals surface area contributed by atoms with Crippen molar-refractivity contribution in [2.75, 3.05) is 4.90 Å². The Labute approximate surface area is 181 Å². The molecule has 148 valence electrons. The molecule has 30 heavy (non-hydrogen) atoms. The first kappa shape index (κ1) is 18.8. The highest BCUT2D eigenvalue weighted by Crippen LogP contribution is 2.35. The van der Waals surface area contributed by atoms with Crippen molar-refractivity contribution in [2.24, 2.45) is 4.99 Å². The van der Waals surface area contributed by atoms with Crippen LogP contribution in [-0.4, -0.2) is 28.3 Å². The zero-order valence-corrected chi connectivity index (χ0v) is 17.5. The normalized spacial score (nSPS) is 16.9. The van der Waals surface area contributed by atoms with Gasteiger partial charge in [0.2, 0.25) is 11.8 Å². The van der Waals surface area contributed by atoms with Gasteiger partial charge >= 0.3 is 0 Å². The smallest absolute Gasteiger partial charge is 0.247 e. The highest BCUT2D eigenvalue weighted by Gasteiger charge is 2.40. The maximum atomic E-state index is 12.9. The van der Waals surface area contributed by atoms with Gasteiger partial charge in [-0.05, 0) is 59.3 Å². The molecule has 1 N–H and O–H groups in total. The number of carbonyl (C=O) groups excluding carboxylic acids is 2. The molecule has 0 spiro atoms. The van der Waals surface area contributed by atoms with Crippen LogP contribution in [0.2, 0.25) is 0 Å². The van der Waals surface area contributed by atoms with Gasteiger partial charge in [-0.1, -0.05) is 12.1 Å². The predicted molar refractivity (Wildman–Crippen MR) is 123 cm³/mol. The van der Waals surface area contributed by atoms with Crippen LogP contribution in [0.5, 0.6) is 0 Å². The maximum absolute atomic E-state index is 12.9. The van der Waals surface area contributed by atoms with Gasteiger partial charge in [0.1, 0.15) is 0 Å². The molecule has 0 bridgehead atoms. The Morgan fingerprint density at radius 1 is 1.10 bits per heavy atom. The molecule has 1 aliphatic rings. The Morgan fingerprint density at radius 2 is 1.97 bits per heavy atom. The summed E-state index contributed by atoms with van der Waals surface area (Å²) in [6.07, 6.45) is 3.88. The summed E-state index contributed by atoms with van der Waals surface area (Å²) in [5, 5.41) is 2.64. The zero-order chi connectivity index (χ0) is 20.5. The van der Waals surface area contributed by atoms with Crippen LogP contribution in [0.1, 0.15) is 11.3 Å². The standard InChI is InChI=1S/C23H17N3O2S2/c27-22-13-21(23(28)26(22)17-6-3-15-9-10-24-20(15)12-17)30-18-7-4-16(5-8-18)25-14-19-2-1-11-29-19/h1-12,14,21,24H,13H2. The number of thiophene rings is 1. The quantitative estimate of drug-likeness (QED) is 0.340. The lowest BCUT2D eigenvalue weighted by Gasteiger charge is -2.15. The van der Waals surface area contributed by atoms with Crippen LogP contribution in [-0.2, 0) is 9.59 Å². The van der Waals surface area contributed by atoms with Gasteiger partial charge in [0.05, 0.1) is 16.6 Å². The van der Waals surface area contributed by atoms with E-state index in [2.05, 4.69) is 9.98 Å². The fourth-order valence-electron chi connectivity index (χ4n) is 3.42. The average Bonchev–Trinajstić information content (AvgIpc) is 3.49. The van der Waals surface area contributed by atoms with Crippen molar-refractivity contribution in [1.82, 2.24) is 4.98 Å². The SMILES string of the molecule is O=C1CC(Sc2ccc(N=Cc3cccs3)cc2)C(=O)N1c1ccc2cc[nH]c2c1. The van der Waals surface area contributed by atoms with Gasteiger partial charge in [-0.25, -0.2) is 4.90 Å². The number of H-pyrrole nitrogens is 1. The molecule has 1 aliphatic heterocycles. The molecule has 1 fully saturated rings. The van der Waals surface area contributed by atoms with Crippen molar-refractivity contribution in [2.45, 2.75) is 16.6 Å². The van der Waals surface area contributed by atoms with E-state index < -0.39 is 5.25 Å². The van der Waals surface area contributed by atoms with Crippen molar-refractivity contribution in [3.63, 3.8) is 0 Å². The van der Waals surface area contributed by atoms with Crippen LogP contribution in [0.15, 0.2) is 82.1 Å². The number of thioether (sulfide) groups is 1. The lowest BCUT2D eigenvalue weighted by Crippen LogP contribution is -2.31. The van der Waals surface area contributed by atoms with E-state index in [1.165, 1.54) is 16.7 Å². The number of aliphatic imine (C=N–C) groups is 1. The lowest BCUT2D eigenvalue weighted by molar-refractivity contribution is -0.121. The molecule has 0 radical (unpaired) electrons. The summed E-state index contributed by atoms with van der Waals surface area (Å²) in [6, 6.07) is 19.3. The summed E-state index contributed by atoms with van der Waals surface area (Å²) < 4.78 is 0. The summed E-state index contributed by atoms with van der Waals surface area (Å²) in [6.45, 7) is 0. The third-order valence-corrected chi connectivity index (χ3v) is 6.91. The zero-order valence-electron chi connectivity index (χ0n) is 15.8. The lowest BCUT2D eigenvalue weighted by atomic mass is 10.2. The molecule has 2 aromatic heterocycles. The molecule has 3 heterocycles. The third-order valence-electron chi connectivity index (χ3n) is 4.90. The van der Waals surface area contributed by atoms with E-state index in [-0.39, 0.29) is 18.2 Å². The minimum Gasteiger partial charge on any atom is -0.361 e. The topological polar surface area (TPSA) is 65.5 Å². The van der Waals surface area contributed by atoms with Crippen LogP contribution in [0.3, 0.4) is 0 Å². The molecule has 5 rings (SSSR count). The number of carbonyl (C=O) groups is 2. The van der Waals surface area contributed by atoms with E-state index in [0.29, 0.717) is 5.69 Å². The number of nitrogens with one attached hydrogen (secondary N) is 1. The highest BCUT2D eigenvalue weighted by molar-refractivity contribution is 8.00. The summed E-state index contributed by atoms with van der Waals surface area (Å²) >= 11 is 3.06. The van der Waals surface area contributed by atoms with Crippen LogP contribution in [0.4, 0.5) is 11.4 Å². The van der Waals surface area contributed by atoms with Crippen LogP contribution in [0.25, 0.3) is 10.9 Å². The summed E-state index contributed by atoms with van der Waals surface area (Å²) in [7, 11) is 0. The summed E-state index contributed by atoms with van der Waals surface area (Å²) in [5.74, 6) is -0.337. The third kappa shape index (κ3) is 3.69. The molecule has 2 aromatic carbocycles. The van der Waals surface area contributed by atoms with Crippen molar-refractivity contribution < 1.29 is 9.59 Å². The van der Waals surface area contributed by atoms with Crippen LogP contribution >= 0.6 is 23.1 Å². The van der Waals surface area contributed by atoms with Crippen molar-refractivity contribution >= 4 is 63.4 Å². The Kier molecular flexibility index (Phi) is 4.98. The molecule has 1 saturated heterocycles. The second-order valence-corrected chi connectivity index (χ2v) is 9.15. The minimum atomic E-state index is -0.419. The first-order chi connectivity index (χ1) is 14.7. The average molecular weight is 432 g/mol. The first-order valence-corrected chi connectivity index (χ1v) is 11.2. The number of anilines is 1. The Balaban J connectivity index is 1.29. The minimum absolute atomic E-state index is 0.166. The van der Waals surface area contributed by atoms with Gasteiger partial charge in [-0.3, -0.25) is 14.6 Å². The molecule has 5 nitrogen and oxygen atoms in total. The second kappa shape index (κ2) is 7.93. The van der Waals surface area contributed by atoms with Gasteiger partial charge in [0.15, 0.2) is 0 Å². The fourth-order valence-corrected chi connectivity index (χ4v) is 5.06. The van der Waals surface area contributed by atoms with E-state index >= 15 is 0 Å². The molecule has 0 aliphatic carbocycles. The fraction of sp³-hybridized carbons (Fsp3) is 0.0870. The van der Waals surface area contributed by atoms with Gasteiger partial charge < -0.3 is 4.98 Å². The number of nitrogens with zero attached hydrogens (tertiary/aromatic N) is 2. The molecular formula is C23H17N3O2S2. The van der Waals surface area contributed by atoms with Crippen LogP contribution < -0.4 is 4.90 Å². The molecule has 7 heteroatoms. The number of imide groups is 1. The number of aromatic nitrogens is 1. The van der Waals surface area contributed by atoms with Gasteiger partial charge in [0, 0.05) is 34.1 Å². The number of aromatic amines is 1. The Morgan fingerprint density at radius 3 is 2.77 bits per heavy atom. The molecule has 4 aromatic rings. The summed E-state index contributed by atoms with van der Waals surface area (Å²) in [5.41, 5.74) is 2.37. The Hall–Kier alpha value is -3.16. The number of amides is 2. The molecular weight excluding hydrogens is 414 g/mol. The monoisotopic (exact) mass is 431 g/mol. The molecule has 2 amide bonds. The first-order valence-electron chi connectivity index (χ1n) is 9.46. The van der Waals surface area contributed by atoms with Crippen molar-refractivity contribution in [1.29, 1.82) is 0 Å². The molecule has 1 unspecified atom stereocenters. The second-order valence-electron chi connectivity index (χ2n) is 6.89. The molecule has 1 atom stereocenters. The van der Waals surface area contributed by atoms with Gasteiger partial charge in [-0.2, -0.15) is 0 Å². The van der Waals surface area contributed by atoms with Gasteiger partial charge in [-0.15, -0.1) is 23.1 Å². The highest BCUT2D eigenvalue weighted by atomic mass is 32.2. The van der Waals surface area contributed by atoms with E-state index in [4.69, 9.17) is 0 Å². The largest absolute Gasteiger partial charge is 0.361 e. The molecule has 0 saturated carbocycles. The predicted octanol–water partition coefficient (Wildman–Crippen LogP) is 5.40. The van der Waals surface area contributed by atoms with Crippen molar-refractivity contribution in [3.8, 4) is 0 Å².